The number of thiophene rings is 1. The van der Waals surface area contributed by atoms with Crippen LogP contribution in [0.5, 0.6) is 5.75 Å². The summed E-state index contributed by atoms with van der Waals surface area (Å²) in [6, 6.07) is 9.78. The molecule has 2 rings (SSSR count). The van der Waals surface area contributed by atoms with Gasteiger partial charge in [0.25, 0.3) is 15.9 Å². The van der Waals surface area contributed by atoms with E-state index in [1.807, 2.05) is 0 Å². The number of nitrogens with one attached hydrogen (secondary N) is 1. The molecule has 0 atom stereocenters. The first-order valence-electron chi connectivity index (χ1n) is 7.67. The Balaban J connectivity index is 0.00000338. The van der Waals surface area contributed by atoms with Crippen LogP contribution in [0.25, 0.3) is 0 Å². The Kier molecular flexibility index (Phi) is 8.86. The van der Waals surface area contributed by atoms with Crippen molar-refractivity contribution in [2.75, 3.05) is 31.0 Å². The quantitative estimate of drug-likeness (QED) is 0.604. The highest BCUT2D eigenvalue weighted by Gasteiger charge is 2.22. The van der Waals surface area contributed by atoms with Crippen LogP contribution in [0.2, 0.25) is 0 Å². The van der Waals surface area contributed by atoms with Crippen LogP contribution >= 0.6 is 23.7 Å². The highest BCUT2D eigenvalue weighted by atomic mass is 35.5. The second kappa shape index (κ2) is 10.4. The van der Waals surface area contributed by atoms with Gasteiger partial charge in [-0.2, -0.15) is 0 Å². The summed E-state index contributed by atoms with van der Waals surface area (Å²) in [5, 5.41) is 4.41. The molecular weight excluding hydrogens is 398 g/mol. The van der Waals surface area contributed by atoms with Crippen LogP contribution in [0, 0.1) is 0 Å². The first-order valence-corrected chi connectivity index (χ1v) is 9.99. The minimum absolute atomic E-state index is 0. The number of amides is 1. The van der Waals surface area contributed by atoms with E-state index < -0.39 is 10.0 Å². The van der Waals surface area contributed by atoms with Gasteiger partial charge in [-0.1, -0.05) is 6.07 Å². The average molecular weight is 420 g/mol. The largest absolute Gasteiger partial charge is 0.484 e. The molecule has 1 aromatic carbocycles. The van der Waals surface area contributed by atoms with E-state index in [1.165, 1.54) is 22.7 Å². The Morgan fingerprint density at radius 2 is 1.96 bits per heavy atom. The van der Waals surface area contributed by atoms with E-state index in [0.717, 1.165) is 0 Å². The number of carbonyl (C=O) groups is 1. The number of sulfonamides is 1. The Labute approximate surface area is 163 Å². The molecule has 0 saturated carbocycles. The van der Waals surface area contributed by atoms with Gasteiger partial charge in [0.1, 0.15) is 9.96 Å². The summed E-state index contributed by atoms with van der Waals surface area (Å²) in [6.45, 7) is 0.931. The lowest BCUT2D eigenvalue weighted by Crippen LogP contribution is -2.30. The van der Waals surface area contributed by atoms with E-state index in [-0.39, 0.29) is 29.1 Å². The summed E-state index contributed by atoms with van der Waals surface area (Å²) in [5.74, 6) is 0.259. The summed E-state index contributed by atoms with van der Waals surface area (Å²) in [5.41, 5.74) is 5.86. The lowest BCUT2D eigenvalue weighted by atomic mass is 10.3. The minimum Gasteiger partial charge on any atom is -0.484 e. The molecule has 0 saturated heterocycles. The fourth-order valence-electron chi connectivity index (χ4n) is 1.97. The smallest absolute Gasteiger partial charge is 0.273 e. The number of carbonyl (C=O) groups excluding carboxylic acids is 1. The average Bonchev–Trinajstić information content (AvgIpc) is 3.15. The molecule has 2 aromatic rings. The molecule has 0 aliphatic carbocycles. The van der Waals surface area contributed by atoms with E-state index in [1.54, 1.807) is 41.8 Å². The summed E-state index contributed by atoms with van der Waals surface area (Å²) in [7, 11) is -2.07. The molecule has 0 unspecified atom stereocenters. The van der Waals surface area contributed by atoms with Crippen molar-refractivity contribution in [1.29, 1.82) is 0 Å². The first kappa shape index (κ1) is 22.2. The number of hydrogen-bond donors (Lipinski definition) is 2. The molecule has 10 heteroatoms. The fourth-order valence-corrected chi connectivity index (χ4v) is 4.32. The maximum absolute atomic E-state index is 12.5. The summed E-state index contributed by atoms with van der Waals surface area (Å²) < 4.78 is 31.8. The van der Waals surface area contributed by atoms with Crippen molar-refractivity contribution in [3.63, 3.8) is 0 Å². The maximum atomic E-state index is 12.5. The normalized spacial score (nSPS) is 10.7. The number of rotatable bonds is 9. The second-order valence-electron chi connectivity index (χ2n) is 5.18. The van der Waals surface area contributed by atoms with Crippen LogP contribution < -0.4 is 20.1 Å². The summed E-state index contributed by atoms with van der Waals surface area (Å²) in [6.07, 6.45) is 0.714. The molecule has 0 aliphatic rings. The first-order chi connectivity index (χ1) is 11.9. The molecule has 0 bridgehead atoms. The van der Waals surface area contributed by atoms with Gasteiger partial charge in [0.05, 0.1) is 5.69 Å². The van der Waals surface area contributed by atoms with Gasteiger partial charge in [-0.05, 0) is 48.7 Å². The van der Waals surface area contributed by atoms with Crippen molar-refractivity contribution < 1.29 is 17.9 Å². The van der Waals surface area contributed by atoms with Crippen LogP contribution in [0.1, 0.15) is 6.42 Å². The van der Waals surface area contributed by atoms with Gasteiger partial charge in [0, 0.05) is 13.6 Å². The Morgan fingerprint density at radius 3 is 2.54 bits per heavy atom. The van der Waals surface area contributed by atoms with Crippen molar-refractivity contribution >= 4 is 45.4 Å². The second-order valence-corrected chi connectivity index (χ2v) is 8.32. The number of halogens is 1. The molecular formula is C16H22ClN3O4S2. The third-order valence-electron chi connectivity index (χ3n) is 3.38. The van der Waals surface area contributed by atoms with Crippen molar-refractivity contribution in [2.45, 2.75) is 10.6 Å². The Morgan fingerprint density at radius 1 is 1.27 bits per heavy atom. The zero-order chi connectivity index (χ0) is 18.3. The predicted octanol–water partition coefficient (Wildman–Crippen LogP) is 1.84. The van der Waals surface area contributed by atoms with Crippen molar-refractivity contribution in [2.24, 2.45) is 5.73 Å². The van der Waals surface area contributed by atoms with Crippen molar-refractivity contribution in [1.82, 2.24) is 5.32 Å². The molecule has 26 heavy (non-hydrogen) atoms. The third kappa shape index (κ3) is 5.87. The molecule has 0 radical (unpaired) electrons. The van der Waals surface area contributed by atoms with Crippen molar-refractivity contribution in [3.05, 3.63) is 41.8 Å². The predicted molar refractivity (Wildman–Crippen MR) is 106 cm³/mol. The van der Waals surface area contributed by atoms with Gasteiger partial charge in [0.2, 0.25) is 0 Å². The molecule has 1 amide bonds. The van der Waals surface area contributed by atoms with Crippen LogP contribution in [0.15, 0.2) is 46.0 Å². The molecule has 1 heterocycles. The molecule has 7 nitrogen and oxygen atoms in total. The van der Waals surface area contributed by atoms with Gasteiger partial charge in [-0.3, -0.25) is 9.10 Å². The van der Waals surface area contributed by atoms with E-state index >= 15 is 0 Å². The van der Waals surface area contributed by atoms with Crippen LogP contribution in [0.3, 0.4) is 0 Å². The number of hydrogen-bond acceptors (Lipinski definition) is 6. The number of benzene rings is 1. The van der Waals surface area contributed by atoms with Gasteiger partial charge >= 0.3 is 0 Å². The summed E-state index contributed by atoms with van der Waals surface area (Å²) >= 11 is 1.17. The highest BCUT2D eigenvalue weighted by Crippen LogP contribution is 2.26. The zero-order valence-corrected chi connectivity index (χ0v) is 16.7. The molecule has 3 N–H and O–H groups in total. The zero-order valence-electron chi connectivity index (χ0n) is 14.3. The standard InChI is InChI=1S/C16H21N3O4S2.ClH/c1-19(25(21,22)16-4-2-11-24-16)13-5-7-14(8-6-13)23-12-15(20)18-10-3-9-17;/h2,4-8,11H,3,9-10,12,17H2,1H3,(H,18,20);1H. The monoisotopic (exact) mass is 419 g/mol. The molecule has 0 spiro atoms. The molecule has 1 aromatic heterocycles. The van der Waals surface area contributed by atoms with Gasteiger partial charge in [0.15, 0.2) is 6.61 Å². The number of nitrogens with two attached hydrogens (primary N) is 1. The number of nitrogens with zero attached hydrogens (tertiary/aromatic N) is 1. The van der Waals surface area contributed by atoms with Gasteiger partial charge in [-0.15, -0.1) is 23.7 Å². The van der Waals surface area contributed by atoms with Crippen LogP contribution in [0.4, 0.5) is 5.69 Å². The molecule has 0 aliphatic heterocycles. The van der Waals surface area contributed by atoms with Crippen LogP contribution in [-0.2, 0) is 14.8 Å². The van der Waals surface area contributed by atoms with Crippen LogP contribution in [-0.4, -0.2) is 41.1 Å². The minimum atomic E-state index is -3.56. The maximum Gasteiger partial charge on any atom is 0.273 e. The lowest BCUT2D eigenvalue weighted by Gasteiger charge is -2.18. The number of anilines is 1. The summed E-state index contributed by atoms with van der Waals surface area (Å²) in [4.78, 5) is 11.6. The Bertz CT molecular complexity index is 780. The Hall–Kier alpha value is -1.81. The van der Waals surface area contributed by atoms with E-state index in [9.17, 15) is 13.2 Å². The van der Waals surface area contributed by atoms with Gasteiger partial charge < -0.3 is 15.8 Å². The number of ether oxygens (including phenoxy) is 1. The molecule has 0 fully saturated rings. The van der Waals surface area contributed by atoms with Crippen molar-refractivity contribution in [3.8, 4) is 5.75 Å². The highest BCUT2D eigenvalue weighted by molar-refractivity contribution is 7.94. The fraction of sp³-hybridized carbons (Fsp3) is 0.312. The van der Waals surface area contributed by atoms with E-state index in [0.29, 0.717) is 30.9 Å². The van der Waals surface area contributed by atoms with E-state index in [2.05, 4.69) is 5.32 Å². The SMILES string of the molecule is CN(c1ccc(OCC(=O)NCCCN)cc1)S(=O)(=O)c1cccs1.Cl. The topological polar surface area (TPSA) is 102 Å². The lowest BCUT2D eigenvalue weighted by molar-refractivity contribution is -0.123. The third-order valence-corrected chi connectivity index (χ3v) is 6.54. The van der Waals surface area contributed by atoms with Gasteiger partial charge in [-0.25, -0.2) is 8.42 Å². The molecule has 144 valence electrons. The van der Waals surface area contributed by atoms with E-state index in [4.69, 9.17) is 10.5 Å².